The molecule has 0 fully saturated rings. The lowest BCUT2D eigenvalue weighted by Gasteiger charge is -2.22. The number of anilines is 1. The zero-order valence-electron chi connectivity index (χ0n) is 6.04. The first-order valence-electron chi connectivity index (χ1n) is 3.63. The lowest BCUT2D eigenvalue weighted by atomic mass is 10.2. The maximum Gasteiger partial charge on any atom is 0.126 e. The predicted octanol–water partition coefficient (Wildman–Crippen LogP) is 1.09. The van der Waals surface area contributed by atoms with Crippen LogP contribution >= 0.6 is 0 Å². The van der Waals surface area contributed by atoms with Gasteiger partial charge in [-0.15, -0.1) is 0 Å². The van der Waals surface area contributed by atoms with Crippen molar-refractivity contribution in [2.24, 2.45) is 0 Å². The highest BCUT2D eigenvalue weighted by atomic mass is 15.2. The van der Waals surface area contributed by atoms with Gasteiger partial charge in [0, 0.05) is 12.6 Å². The van der Waals surface area contributed by atoms with Crippen LogP contribution in [0.15, 0.2) is 12.5 Å². The molecule has 10 heavy (non-hydrogen) atoms. The van der Waals surface area contributed by atoms with E-state index in [4.69, 9.17) is 0 Å². The summed E-state index contributed by atoms with van der Waals surface area (Å²) in [5, 5.41) is 3.34. The van der Waals surface area contributed by atoms with Gasteiger partial charge in [-0.25, -0.2) is 4.98 Å². The first kappa shape index (κ1) is 5.77. The Kier molecular flexibility index (Phi) is 1.16. The van der Waals surface area contributed by atoms with E-state index in [0.717, 1.165) is 12.4 Å². The Hall–Kier alpha value is -0.990. The molecule has 0 aromatic carbocycles. The van der Waals surface area contributed by atoms with E-state index >= 15 is 0 Å². The molecule has 2 rings (SSSR count). The van der Waals surface area contributed by atoms with Crippen molar-refractivity contribution in [3.8, 4) is 0 Å². The van der Waals surface area contributed by atoms with Crippen LogP contribution in [0.4, 0.5) is 5.82 Å². The van der Waals surface area contributed by atoms with Crippen molar-refractivity contribution in [3.63, 3.8) is 0 Å². The number of hydrogen-bond donors (Lipinski definition) is 1. The molecular weight excluding hydrogens is 126 g/mol. The summed E-state index contributed by atoms with van der Waals surface area (Å²) in [7, 11) is 0. The fourth-order valence-corrected chi connectivity index (χ4v) is 1.28. The topological polar surface area (TPSA) is 29.9 Å². The number of fused-ring (bicyclic) bond motifs is 1. The molecule has 1 N–H and O–H groups in total. The summed E-state index contributed by atoms with van der Waals surface area (Å²) < 4.78 is 2.14. The number of aryl methyl sites for hydroxylation is 1. The van der Waals surface area contributed by atoms with E-state index in [0.29, 0.717) is 6.04 Å². The van der Waals surface area contributed by atoms with Gasteiger partial charge in [0.1, 0.15) is 5.82 Å². The molecule has 2 heterocycles. The van der Waals surface area contributed by atoms with Crippen LogP contribution in [0.2, 0.25) is 0 Å². The van der Waals surface area contributed by atoms with Crippen molar-refractivity contribution in [1.29, 1.82) is 0 Å². The third-order valence-corrected chi connectivity index (χ3v) is 1.91. The molecule has 0 amide bonds. The van der Waals surface area contributed by atoms with Crippen LogP contribution in [0.3, 0.4) is 0 Å². The van der Waals surface area contributed by atoms with Crippen molar-refractivity contribution in [3.05, 3.63) is 12.5 Å². The Bertz CT molecular complexity index is 229. The summed E-state index contributed by atoms with van der Waals surface area (Å²) in [4.78, 5) is 4.04. The standard InChI is InChI=1S/C7H11N3/c1-6-2-3-10-5-8-4-7(10)9-6/h4-6,9H,2-3H2,1H3. The number of hydrogen-bond acceptors (Lipinski definition) is 2. The largest absolute Gasteiger partial charge is 0.368 e. The van der Waals surface area contributed by atoms with E-state index in [1.54, 1.807) is 0 Å². The molecule has 0 spiro atoms. The van der Waals surface area contributed by atoms with Crippen LogP contribution in [-0.2, 0) is 6.54 Å². The highest BCUT2D eigenvalue weighted by Crippen LogP contribution is 2.15. The number of imidazole rings is 1. The first-order valence-corrected chi connectivity index (χ1v) is 3.63. The van der Waals surface area contributed by atoms with Crippen molar-refractivity contribution in [2.75, 3.05) is 5.32 Å². The van der Waals surface area contributed by atoms with E-state index in [9.17, 15) is 0 Å². The highest BCUT2D eigenvalue weighted by Gasteiger charge is 2.11. The number of rotatable bonds is 0. The third kappa shape index (κ3) is 0.781. The van der Waals surface area contributed by atoms with Gasteiger partial charge in [-0.2, -0.15) is 0 Å². The monoisotopic (exact) mass is 137 g/mol. The van der Waals surface area contributed by atoms with Crippen LogP contribution in [0.1, 0.15) is 13.3 Å². The Morgan fingerprint density at radius 2 is 2.70 bits per heavy atom. The molecule has 1 aliphatic heterocycles. The Morgan fingerprint density at radius 1 is 1.80 bits per heavy atom. The van der Waals surface area contributed by atoms with Crippen LogP contribution in [0.5, 0.6) is 0 Å². The molecule has 3 heteroatoms. The van der Waals surface area contributed by atoms with E-state index in [1.165, 1.54) is 6.42 Å². The maximum absolute atomic E-state index is 4.04. The highest BCUT2D eigenvalue weighted by molar-refractivity contribution is 5.35. The van der Waals surface area contributed by atoms with Crippen molar-refractivity contribution in [1.82, 2.24) is 9.55 Å². The van der Waals surface area contributed by atoms with E-state index in [2.05, 4.69) is 21.8 Å². The first-order chi connectivity index (χ1) is 4.86. The lowest BCUT2D eigenvalue weighted by molar-refractivity contribution is 0.555. The normalized spacial score (nSPS) is 23.5. The minimum absolute atomic E-state index is 0.601. The van der Waals surface area contributed by atoms with Crippen LogP contribution < -0.4 is 5.32 Å². The Balaban J connectivity index is 2.30. The summed E-state index contributed by atoms with van der Waals surface area (Å²) in [6.45, 7) is 3.29. The molecule has 54 valence electrons. The molecular formula is C7H11N3. The molecule has 3 nitrogen and oxygen atoms in total. The average Bonchev–Trinajstić information content (AvgIpc) is 2.33. The number of aromatic nitrogens is 2. The van der Waals surface area contributed by atoms with Crippen LogP contribution in [-0.4, -0.2) is 15.6 Å². The van der Waals surface area contributed by atoms with Crippen molar-refractivity contribution < 1.29 is 0 Å². The van der Waals surface area contributed by atoms with Gasteiger partial charge in [0.05, 0.1) is 12.5 Å². The van der Waals surface area contributed by atoms with Gasteiger partial charge < -0.3 is 9.88 Å². The van der Waals surface area contributed by atoms with Gasteiger partial charge >= 0.3 is 0 Å². The van der Waals surface area contributed by atoms with Gasteiger partial charge in [-0.1, -0.05) is 0 Å². The second kappa shape index (κ2) is 2.01. The summed E-state index contributed by atoms with van der Waals surface area (Å²) in [5.74, 6) is 1.15. The molecule has 0 bridgehead atoms. The van der Waals surface area contributed by atoms with Crippen LogP contribution in [0, 0.1) is 0 Å². The lowest BCUT2D eigenvalue weighted by Crippen LogP contribution is -2.24. The van der Waals surface area contributed by atoms with Gasteiger partial charge in [0.25, 0.3) is 0 Å². The second-order valence-electron chi connectivity index (χ2n) is 2.81. The minimum atomic E-state index is 0.601. The summed E-state index contributed by atoms with van der Waals surface area (Å²) in [5.41, 5.74) is 0. The zero-order chi connectivity index (χ0) is 6.97. The molecule has 0 aliphatic carbocycles. The molecule has 1 aromatic rings. The molecule has 1 aromatic heterocycles. The van der Waals surface area contributed by atoms with Crippen LogP contribution in [0.25, 0.3) is 0 Å². The zero-order valence-corrected chi connectivity index (χ0v) is 6.04. The fraction of sp³-hybridized carbons (Fsp3) is 0.571. The number of nitrogens with zero attached hydrogens (tertiary/aromatic N) is 2. The minimum Gasteiger partial charge on any atom is -0.368 e. The third-order valence-electron chi connectivity index (χ3n) is 1.91. The molecule has 1 atom stereocenters. The van der Waals surface area contributed by atoms with E-state index < -0.39 is 0 Å². The van der Waals surface area contributed by atoms with Gasteiger partial charge in [-0.3, -0.25) is 0 Å². The predicted molar refractivity (Wildman–Crippen MR) is 39.9 cm³/mol. The molecule has 1 unspecified atom stereocenters. The average molecular weight is 137 g/mol. The molecule has 0 saturated heterocycles. The van der Waals surface area contributed by atoms with Crippen molar-refractivity contribution >= 4 is 5.82 Å². The fourth-order valence-electron chi connectivity index (χ4n) is 1.28. The summed E-state index contributed by atoms with van der Waals surface area (Å²) >= 11 is 0. The van der Waals surface area contributed by atoms with Gasteiger partial charge in [0.2, 0.25) is 0 Å². The summed E-state index contributed by atoms with van der Waals surface area (Å²) in [6.07, 6.45) is 4.94. The molecule has 0 radical (unpaired) electrons. The van der Waals surface area contributed by atoms with E-state index in [-0.39, 0.29) is 0 Å². The smallest absolute Gasteiger partial charge is 0.126 e. The number of nitrogens with one attached hydrogen (secondary N) is 1. The second-order valence-corrected chi connectivity index (χ2v) is 2.81. The van der Waals surface area contributed by atoms with Gasteiger partial charge in [-0.05, 0) is 13.3 Å². The SMILES string of the molecule is CC1CCn2cncc2N1. The van der Waals surface area contributed by atoms with Gasteiger partial charge in [0.15, 0.2) is 0 Å². The molecule has 1 aliphatic rings. The Labute approximate surface area is 60.1 Å². The van der Waals surface area contributed by atoms with E-state index in [1.807, 2.05) is 12.5 Å². The summed E-state index contributed by atoms with van der Waals surface area (Å²) in [6, 6.07) is 0.601. The van der Waals surface area contributed by atoms with Crippen molar-refractivity contribution in [2.45, 2.75) is 25.9 Å². The Morgan fingerprint density at radius 3 is 3.60 bits per heavy atom. The molecule has 0 saturated carbocycles. The quantitative estimate of drug-likeness (QED) is 0.580. The maximum atomic E-state index is 4.04.